The molecule has 1 fully saturated rings. The van der Waals surface area contributed by atoms with Gasteiger partial charge in [0.15, 0.2) is 17.2 Å². The fourth-order valence-corrected chi connectivity index (χ4v) is 2.79. The quantitative estimate of drug-likeness (QED) is 0.824. The SMILES string of the molecule is O=C1CCN(C(=O)c2cn(-c3ccc4c(c3)OCCO4)nn2)CCN1. The fraction of sp³-hybridized carbons (Fsp3) is 0.375. The maximum atomic E-state index is 12.6. The van der Waals surface area contributed by atoms with Gasteiger partial charge >= 0.3 is 0 Å². The van der Waals surface area contributed by atoms with Crippen molar-refractivity contribution in [1.29, 1.82) is 0 Å². The maximum Gasteiger partial charge on any atom is 0.276 e. The third-order valence-electron chi connectivity index (χ3n) is 4.10. The minimum Gasteiger partial charge on any atom is -0.486 e. The number of hydrogen-bond acceptors (Lipinski definition) is 6. The second-order valence-corrected chi connectivity index (χ2v) is 5.77. The lowest BCUT2D eigenvalue weighted by Gasteiger charge is -2.18. The van der Waals surface area contributed by atoms with Gasteiger partial charge in [-0.3, -0.25) is 9.59 Å². The topological polar surface area (TPSA) is 98.6 Å². The van der Waals surface area contributed by atoms with Crippen LogP contribution in [0, 0.1) is 0 Å². The fourth-order valence-electron chi connectivity index (χ4n) is 2.79. The van der Waals surface area contributed by atoms with Crippen LogP contribution in [0.4, 0.5) is 0 Å². The molecule has 1 aromatic carbocycles. The van der Waals surface area contributed by atoms with Crippen LogP contribution in [-0.4, -0.2) is 64.6 Å². The number of ether oxygens (including phenoxy) is 2. The van der Waals surface area contributed by atoms with E-state index in [9.17, 15) is 9.59 Å². The summed E-state index contributed by atoms with van der Waals surface area (Å²) in [6.45, 7) is 2.31. The molecule has 1 N–H and O–H groups in total. The Morgan fingerprint density at radius 2 is 2.00 bits per heavy atom. The highest BCUT2D eigenvalue weighted by molar-refractivity contribution is 5.92. The summed E-state index contributed by atoms with van der Waals surface area (Å²) in [5.41, 5.74) is 0.966. The Kier molecular flexibility index (Phi) is 3.96. The number of hydrogen-bond donors (Lipinski definition) is 1. The van der Waals surface area contributed by atoms with Crippen molar-refractivity contribution >= 4 is 11.8 Å². The van der Waals surface area contributed by atoms with E-state index in [1.807, 2.05) is 6.07 Å². The number of fused-ring (bicyclic) bond motifs is 1. The van der Waals surface area contributed by atoms with Crippen molar-refractivity contribution in [3.8, 4) is 17.2 Å². The Morgan fingerprint density at radius 1 is 1.16 bits per heavy atom. The Bertz CT molecular complexity index is 819. The van der Waals surface area contributed by atoms with Gasteiger partial charge in [-0.25, -0.2) is 4.68 Å². The summed E-state index contributed by atoms with van der Waals surface area (Å²) < 4.78 is 12.6. The molecule has 3 heterocycles. The monoisotopic (exact) mass is 343 g/mol. The molecule has 2 aliphatic heterocycles. The van der Waals surface area contributed by atoms with Gasteiger partial charge in [-0.05, 0) is 12.1 Å². The van der Waals surface area contributed by atoms with E-state index in [2.05, 4.69) is 15.6 Å². The first kappa shape index (κ1) is 15.4. The predicted molar refractivity (Wildman–Crippen MR) is 85.9 cm³/mol. The lowest BCUT2D eigenvalue weighted by Crippen LogP contribution is -2.34. The minimum absolute atomic E-state index is 0.0461. The van der Waals surface area contributed by atoms with Crippen LogP contribution in [0.2, 0.25) is 0 Å². The zero-order valence-corrected chi connectivity index (χ0v) is 13.5. The predicted octanol–water partition coefficient (Wildman–Crippen LogP) is 0.000600. The summed E-state index contributed by atoms with van der Waals surface area (Å²) in [4.78, 5) is 25.6. The van der Waals surface area contributed by atoms with Crippen LogP contribution in [0.3, 0.4) is 0 Å². The Balaban J connectivity index is 1.53. The van der Waals surface area contributed by atoms with Gasteiger partial charge in [0.05, 0.1) is 11.9 Å². The molecule has 2 amide bonds. The molecule has 0 unspecified atom stereocenters. The van der Waals surface area contributed by atoms with E-state index in [4.69, 9.17) is 9.47 Å². The van der Waals surface area contributed by atoms with E-state index in [0.717, 1.165) is 5.69 Å². The highest BCUT2D eigenvalue weighted by atomic mass is 16.6. The van der Waals surface area contributed by atoms with Gasteiger partial charge in [-0.15, -0.1) is 5.10 Å². The van der Waals surface area contributed by atoms with Crippen LogP contribution in [0.15, 0.2) is 24.4 Å². The number of nitrogens with zero attached hydrogens (tertiary/aromatic N) is 4. The van der Waals surface area contributed by atoms with E-state index in [-0.39, 0.29) is 17.5 Å². The summed E-state index contributed by atoms with van der Waals surface area (Å²) in [6, 6.07) is 5.43. The molecule has 1 aromatic heterocycles. The van der Waals surface area contributed by atoms with Gasteiger partial charge < -0.3 is 19.7 Å². The molecule has 0 spiro atoms. The number of rotatable bonds is 2. The molecule has 25 heavy (non-hydrogen) atoms. The Morgan fingerprint density at radius 3 is 2.88 bits per heavy atom. The molecule has 1 saturated heterocycles. The van der Waals surface area contributed by atoms with E-state index in [1.54, 1.807) is 23.2 Å². The average molecular weight is 343 g/mol. The molecule has 9 heteroatoms. The van der Waals surface area contributed by atoms with Crippen molar-refractivity contribution in [2.24, 2.45) is 0 Å². The molecule has 0 aliphatic carbocycles. The third kappa shape index (κ3) is 3.12. The second-order valence-electron chi connectivity index (χ2n) is 5.77. The lowest BCUT2D eigenvalue weighted by atomic mass is 10.2. The average Bonchev–Trinajstić information content (AvgIpc) is 3.04. The molecule has 0 saturated carbocycles. The zero-order valence-electron chi connectivity index (χ0n) is 13.5. The number of carbonyl (C=O) groups is 2. The molecule has 130 valence electrons. The summed E-state index contributed by atoms with van der Waals surface area (Å²) in [5.74, 6) is 1.05. The first-order valence-electron chi connectivity index (χ1n) is 8.09. The van der Waals surface area contributed by atoms with E-state index >= 15 is 0 Å². The Hall–Kier alpha value is -3.10. The van der Waals surface area contributed by atoms with Crippen LogP contribution < -0.4 is 14.8 Å². The number of carbonyl (C=O) groups excluding carboxylic acids is 2. The van der Waals surface area contributed by atoms with E-state index in [1.165, 1.54) is 4.68 Å². The molecular weight excluding hydrogens is 326 g/mol. The molecule has 2 aliphatic rings. The first-order valence-corrected chi connectivity index (χ1v) is 8.09. The van der Waals surface area contributed by atoms with Gasteiger partial charge in [0.25, 0.3) is 5.91 Å². The molecule has 4 rings (SSSR count). The highest BCUT2D eigenvalue weighted by Crippen LogP contribution is 2.31. The lowest BCUT2D eigenvalue weighted by molar-refractivity contribution is -0.120. The van der Waals surface area contributed by atoms with Gasteiger partial charge in [-0.1, -0.05) is 5.21 Å². The summed E-state index contributed by atoms with van der Waals surface area (Å²) >= 11 is 0. The van der Waals surface area contributed by atoms with Crippen LogP contribution >= 0.6 is 0 Å². The molecule has 0 atom stereocenters. The van der Waals surface area contributed by atoms with Crippen molar-refractivity contribution < 1.29 is 19.1 Å². The highest BCUT2D eigenvalue weighted by Gasteiger charge is 2.22. The largest absolute Gasteiger partial charge is 0.486 e. The number of nitrogens with one attached hydrogen (secondary N) is 1. The van der Waals surface area contributed by atoms with Crippen LogP contribution in [0.25, 0.3) is 5.69 Å². The first-order chi connectivity index (χ1) is 12.2. The summed E-state index contributed by atoms with van der Waals surface area (Å²) in [7, 11) is 0. The normalized spacial score (nSPS) is 17.0. The minimum atomic E-state index is -0.236. The van der Waals surface area contributed by atoms with Crippen LogP contribution in [0.1, 0.15) is 16.9 Å². The summed E-state index contributed by atoms with van der Waals surface area (Å²) in [6.07, 6.45) is 1.87. The smallest absolute Gasteiger partial charge is 0.276 e. The van der Waals surface area contributed by atoms with Gasteiger partial charge in [-0.2, -0.15) is 0 Å². The summed E-state index contributed by atoms with van der Waals surface area (Å²) in [5, 5.41) is 10.7. The van der Waals surface area contributed by atoms with Crippen LogP contribution in [0.5, 0.6) is 11.5 Å². The van der Waals surface area contributed by atoms with Crippen molar-refractivity contribution in [2.45, 2.75) is 6.42 Å². The second kappa shape index (κ2) is 6.42. The molecule has 9 nitrogen and oxygen atoms in total. The van der Waals surface area contributed by atoms with Gasteiger partial charge in [0.2, 0.25) is 5.91 Å². The van der Waals surface area contributed by atoms with Gasteiger partial charge in [0, 0.05) is 32.1 Å². The Labute approximate surface area is 143 Å². The molecular formula is C16H17N5O4. The third-order valence-corrected chi connectivity index (χ3v) is 4.10. The molecule has 2 aromatic rings. The molecule has 0 radical (unpaired) electrons. The molecule has 0 bridgehead atoms. The number of benzene rings is 1. The van der Waals surface area contributed by atoms with Crippen molar-refractivity contribution in [2.75, 3.05) is 32.8 Å². The van der Waals surface area contributed by atoms with Crippen molar-refractivity contribution in [1.82, 2.24) is 25.2 Å². The number of amides is 2. The van der Waals surface area contributed by atoms with Crippen LogP contribution in [-0.2, 0) is 4.79 Å². The van der Waals surface area contributed by atoms with Gasteiger partial charge in [0.1, 0.15) is 13.2 Å². The van der Waals surface area contributed by atoms with E-state index < -0.39 is 0 Å². The van der Waals surface area contributed by atoms with Crippen molar-refractivity contribution in [3.05, 3.63) is 30.1 Å². The van der Waals surface area contributed by atoms with Crippen molar-refractivity contribution in [3.63, 3.8) is 0 Å². The zero-order chi connectivity index (χ0) is 17.2. The maximum absolute atomic E-state index is 12.6. The number of aromatic nitrogens is 3. The van der Waals surface area contributed by atoms with E-state index in [0.29, 0.717) is 50.8 Å². The standard InChI is InChI=1S/C16H17N5O4/c22-15-3-5-20(6-4-17-15)16(23)12-10-21(19-18-12)11-1-2-13-14(9-11)25-8-7-24-13/h1-2,9-10H,3-8H2,(H,17,22).